The number of anilines is 4. The van der Waals surface area contributed by atoms with E-state index in [0.717, 1.165) is 0 Å². The number of nitrogens with one attached hydrogen (secondary N) is 3. The molecule has 3 rings (SSSR count). The molecule has 1 heterocycles. The molecule has 200 valence electrons. The average molecular weight is 539 g/mol. The lowest BCUT2D eigenvalue weighted by Crippen LogP contribution is -2.20. The summed E-state index contributed by atoms with van der Waals surface area (Å²) >= 11 is 0. The number of hydrogen-bond donors (Lipinski definition) is 5. The smallest absolute Gasteiger partial charge is 0.397 e. The molecule has 9 nitrogen and oxygen atoms in total. The first-order valence-electron chi connectivity index (χ1n) is 11.2. The summed E-state index contributed by atoms with van der Waals surface area (Å²) in [5, 5.41) is 25.6. The van der Waals surface area contributed by atoms with Gasteiger partial charge in [0.1, 0.15) is 17.2 Å². The van der Waals surface area contributed by atoms with Gasteiger partial charge in [-0.25, -0.2) is 4.98 Å². The van der Waals surface area contributed by atoms with Crippen molar-refractivity contribution in [3.8, 4) is 0 Å². The molecule has 1 aromatic heterocycles. The Morgan fingerprint density at radius 1 is 1.11 bits per heavy atom. The third-order valence-corrected chi connectivity index (χ3v) is 5.58. The van der Waals surface area contributed by atoms with Crippen molar-refractivity contribution in [3.05, 3.63) is 71.4 Å². The number of aliphatic hydroxyl groups is 2. The van der Waals surface area contributed by atoms with Gasteiger partial charge >= 0.3 is 6.18 Å². The van der Waals surface area contributed by atoms with Gasteiger partial charge in [-0.1, -0.05) is 24.3 Å². The summed E-state index contributed by atoms with van der Waals surface area (Å²) in [4.78, 5) is 19.9. The van der Waals surface area contributed by atoms with E-state index in [1.165, 1.54) is 19.2 Å². The quantitative estimate of drug-likeness (QED) is 0.242. The number of aliphatic hydroxyl groups excluding tert-OH is 2. The third-order valence-electron chi connectivity index (χ3n) is 4.57. The second kappa shape index (κ2) is 14.4. The molecule has 0 aliphatic carbocycles. The zero-order valence-corrected chi connectivity index (χ0v) is 21.4. The Balaban J connectivity index is 0.00000153. The first-order chi connectivity index (χ1) is 17.6. The lowest BCUT2D eigenvalue weighted by Gasteiger charge is -2.16. The lowest BCUT2D eigenvalue weighted by atomic mass is 10.1. The molecule has 13 heteroatoms. The minimum absolute atomic E-state index is 0.0857. The Morgan fingerprint density at radius 3 is 2.35 bits per heavy atom. The van der Waals surface area contributed by atoms with Crippen molar-refractivity contribution in [1.29, 1.82) is 0 Å². The molecule has 0 bridgehead atoms. The first kappa shape index (κ1) is 29.9. The maximum absolute atomic E-state index is 13.6. The van der Waals surface area contributed by atoms with Gasteiger partial charge in [0, 0.05) is 41.0 Å². The maximum atomic E-state index is 13.6. The van der Waals surface area contributed by atoms with Crippen LogP contribution in [0.2, 0.25) is 0 Å². The second-order valence-corrected chi connectivity index (χ2v) is 8.29. The number of carbonyl (C=O) groups is 1. The molecule has 2 unspecified atom stereocenters. The average Bonchev–Trinajstić information content (AvgIpc) is 2.87. The van der Waals surface area contributed by atoms with Crippen molar-refractivity contribution >= 4 is 37.9 Å². The van der Waals surface area contributed by atoms with Gasteiger partial charge in [0.25, 0.3) is 5.91 Å². The van der Waals surface area contributed by atoms with Crippen LogP contribution in [0.3, 0.4) is 0 Å². The number of para-hydroxylation sites is 1. The fourth-order valence-electron chi connectivity index (χ4n) is 2.91. The summed E-state index contributed by atoms with van der Waals surface area (Å²) in [6, 6.07) is 12.8. The topological polar surface area (TPSA) is 129 Å². The number of amides is 1. The molecule has 3 aromatic rings. The molecular formula is C24H29F3N5O4P. The van der Waals surface area contributed by atoms with Gasteiger partial charge in [-0.2, -0.15) is 18.2 Å². The summed E-state index contributed by atoms with van der Waals surface area (Å²) in [5.74, 6) is -1.83. The van der Waals surface area contributed by atoms with Crippen molar-refractivity contribution in [3.63, 3.8) is 0 Å². The number of aromatic nitrogens is 2. The van der Waals surface area contributed by atoms with Crippen LogP contribution in [0.15, 0.2) is 54.7 Å². The van der Waals surface area contributed by atoms with E-state index in [-0.39, 0.29) is 32.6 Å². The van der Waals surface area contributed by atoms with Crippen LogP contribution in [-0.2, 0) is 10.7 Å². The monoisotopic (exact) mass is 539 g/mol. The number of halogens is 3. The van der Waals surface area contributed by atoms with Gasteiger partial charge in [-0.3, -0.25) is 4.79 Å². The van der Waals surface area contributed by atoms with E-state index < -0.39 is 29.3 Å². The number of rotatable bonds is 9. The molecule has 0 fully saturated rings. The molecule has 0 spiro atoms. The number of benzene rings is 2. The van der Waals surface area contributed by atoms with Crippen LogP contribution in [0.1, 0.15) is 41.2 Å². The van der Waals surface area contributed by atoms with Gasteiger partial charge in [-0.15, -0.1) is 0 Å². The van der Waals surface area contributed by atoms with Crippen molar-refractivity contribution in [2.45, 2.75) is 25.9 Å². The molecule has 5 N–H and O–H groups in total. The fourth-order valence-corrected chi connectivity index (χ4v) is 3.56. The Morgan fingerprint density at radius 2 is 1.76 bits per heavy atom. The van der Waals surface area contributed by atoms with E-state index in [9.17, 15) is 23.1 Å². The van der Waals surface area contributed by atoms with Gasteiger partial charge in [0.2, 0.25) is 5.95 Å². The number of hydrogen-bond acceptors (Lipinski definition) is 8. The highest BCUT2D eigenvalue weighted by Crippen LogP contribution is 2.36. The standard InChI is InChI=1S/C22H23F3N5O3P.C2H6O/c1-3-33-34-20(32)13-8-10-14(11-9-13)28-21-27-12-16(22(23,24)25)18(30-21)29-17-7-5-4-6-15(17)19(31)26-2;1-2-3/h4-12,20,32,34H,3H2,1-2H3,(H,26,31)(H2,27,28,29,30);3H,2H2,1H3. The van der Waals surface area contributed by atoms with Crippen LogP contribution in [0.25, 0.3) is 0 Å². The number of carbonyl (C=O) groups excluding carboxylic acids is 1. The summed E-state index contributed by atoms with van der Waals surface area (Å²) < 4.78 is 46.0. The minimum Gasteiger partial charge on any atom is -0.397 e. The molecule has 0 saturated carbocycles. The fraction of sp³-hybridized carbons (Fsp3) is 0.292. The lowest BCUT2D eigenvalue weighted by molar-refractivity contribution is -0.137. The van der Waals surface area contributed by atoms with Crippen molar-refractivity contribution in [2.75, 3.05) is 30.9 Å². The maximum Gasteiger partial charge on any atom is 0.421 e. The zero-order valence-electron chi connectivity index (χ0n) is 20.4. The normalized spacial score (nSPS) is 12.0. The second-order valence-electron chi connectivity index (χ2n) is 7.22. The van der Waals surface area contributed by atoms with Crippen LogP contribution in [0.5, 0.6) is 0 Å². The summed E-state index contributed by atoms with van der Waals surface area (Å²) in [6.45, 7) is 4.25. The van der Waals surface area contributed by atoms with Gasteiger partial charge in [0.15, 0.2) is 0 Å². The number of alkyl halides is 3. The van der Waals surface area contributed by atoms with Crippen LogP contribution in [0.4, 0.5) is 36.3 Å². The van der Waals surface area contributed by atoms with Crippen LogP contribution in [0, 0.1) is 0 Å². The van der Waals surface area contributed by atoms with Crippen LogP contribution >= 0.6 is 8.81 Å². The molecule has 2 aromatic carbocycles. The molecule has 1 amide bonds. The molecule has 0 aliphatic heterocycles. The Labute approximate surface area is 214 Å². The highest BCUT2D eigenvalue weighted by molar-refractivity contribution is 7.32. The molecule has 37 heavy (non-hydrogen) atoms. The number of nitrogens with zero attached hydrogens (tertiary/aromatic N) is 2. The van der Waals surface area contributed by atoms with E-state index in [1.54, 1.807) is 43.3 Å². The largest absolute Gasteiger partial charge is 0.421 e. The Kier molecular flexibility index (Phi) is 11.7. The van der Waals surface area contributed by atoms with Crippen molar-refractivity contribution < 1.29 is 32.7 Å². The molecule has 0 aliphatic rings. The summed E-state index contributed by atoms with van der Waals surface area (Å²) in [5.41, 5.74) is 0.379. The van der Waals surface area contributed by atoms with Crippen LogP contribution in [-0.4, -0.2) is 46.3 Å². The summed E-state index contributed by atoms with van der Waals surface area (Å²) in [6.07, 6.45) is -4.05. The third kappa shape index (κ3) is 8.94. The minimum atomic E-state index is -4.72. The van der Waals surface area contributed by atoms with Crippen molar-refractivity contribution in [2.24, 2.45) is 0 Å². The predicted molar refractivity (Wildman–Crippen MR) is 138 cm³/mol. The molecular weight excluding hydrogens is 510 g/mol. The van der Waals surface area contributed by atoms with E-state index in [0.29, 0.717) is 24.1 Å². The first-order valence-corrected chi connectivity index (χ1v) is 12.2. The zero-order chi connectivity index (χ0) is 27.4. The van der Waals surface area contributed by atoms with Gasteiger partial charge in [-0.05, 0) is 43.7 Å². The Hall–Kier alpha value is -3.31. The predicted octanol–water partition coefficient (Wildman–Crippen LogP) is 4.96. The Bertz CT molecular complexity index is 1150. The van der Waals surface area contributed by atoms with E-state index >= 15 is 0 Å². The highest BCUT2D eigenvalue weighted by Gasteiger charge is 2.35. The summed E-state index contributed by atoms with van der Waals surface area (Å²) in [7, 11) is 1.32. The molecule has 0 radical (unpaired) electrons. The van der Waals surface area contributed by atoms with Gasteiger partial charge in [0.05, 0.1) is 11.3 Å². The van der Waals surface area contributed by atoms with E-state index in [1.807, 2.05) is 6.92 Å². The van der Waals surface area contributed by atoms with E-state index in [2.05, 4.69) is 25.9 Å². The van der Waals surface area contributed by atoms with Crippen LogP contribution < -0.4 is 16.0 Å². The van der Waals surface area contributed by atoms with Gasteiger partial charge < -0.3 is 30.7 Å². The van der Waals surface area contributed by atoms with Crippen molar-refractivity contribution in [1.82, 2.24) is 15.3 Å². The highest BCUT2D eigenvalue weighted by atomic mass is 31.1. The molecule has 0 saturated heterocycles. The van der Waals surface area contributed by atoms with E-state index in [4.69, 9.17) is 9.63 Å². The molecule has 2 atom stereocenters. The SMILES string of the molecule is CCO.CCOPC(O)c1ccc(Nc2ncc(C(F)(F)F)c(Nc3ccccc3C(=O)NC)n2)cc1.